The van der Waals surface area contributed by atoms with Crippen LogP contribution in [0.15, 0.2) is 0 Å². The lowest BCUT2D eigenvalue weighted by Gasteiger charge is -2.52. The van der Waals surface area contributed by atoms with Crippen LogP contribution in [0.3, 0.4) is 0 Å². The van der Waals surface area contributed by atoms with Gasteiger partial charge in [0.15, 0.2) is 8.32 Å². The summed E-state index contributed by atoms with van der Waals surface area (Å²) in [7, 11) is 1.16. The first-order chi connectivity index (χ1) is 10.4. The first-order valence-electron chi connectivity index (χ1n) is 8.06. The van der Waals surface area contributed by atoms with Crippen molar-refractivity contribution in [3.05, 3.63) is 0 Å². The topological polar surface area (TPSA) is 66.4 Å². The van der Waals surface area contributed by atoms with E-state index in [9.17, 15) is 5.11 Å². The smallest absolute Gasteiger partial charge is 0.220 e. The molecule has 0 aliphatic carbocycles. The summed E-state index contributed by atoms with van der Waals surface area (Å²) in [6, 6.07) is 0. The highest BCUT2D eigenvalue weighted by atomic mass is 28.4. The molecule has 7 heteroatoms. The summed E-state index contributed by atoms with van der Waals surface area (Å²) in [5.74, 6) is -2.20. The molecule has 1 rings (SSSR count). The zero-order chi connectivity index (χ0) is 18.1. The molecule has 6 nitrogen and oxygen atoms in total. The van der Waals surface area contributed by atoms with Gasteiger partial charge in [-0.3, -0.25) is 0 Å². The summed E-state index contributed by atoms with van der Waals surface area (Å²) in [6.07, 6.45) is -0.963. The zero-order valence-corrected chi connectivity index (χ0v) is 17.1. The van der Waals surface area contributed by atoms with Gasteiger partial charge >= 0.3 is 0 Å². The Balaban J connectivity index is 2.91. The van der Waals surface area contributed by atoms with E-state index in [0.717, 1.165) is 0 Å². The number of ether oxygens (including phenoxy) is 4. The normalized spacial score (nSPS) is 36.3. The predicted molar refractivity (Wildman–Crippen MR) is 90.8 cm³/mol. The molecule has 138 valence electrons. The van der Waals surface area contributed by atoms with Crippen LogP contribution in [-0.4, -0.2) is 64.6 Å². The summed E-state index contributed by atoms with van der Waals surface area (Å²) in [4.78, 5) is 0. The van der Waals surface area contributed by atoms with E-state index in [4.69, 9.17) is 23.4 Å². The number of hydrogen-bond donors (Lipinski definition) is 1. The number of hydrogen-bond acceptors (Lipinski definition) is 6. The molecule has 1 aliphatic rings. The second-order valence-corrected chi connectivity index (χ2v) is 12.7. The maximum Gasteiger partial charge on any atom is 0.220 e. The lowest BCUT2D eigenvalue weighted by molar-refractivity contribution is -0.451. The van der Waals surface area contributed by atoms with Crippen LogP contribution in [0.1, 0.15) is 34.6 Å². The molecule has 1 fully saturated rings. The van der Waals surface area contributed by atoms with E-state index in [-0.39, 0.29) is 11.6 Å². The third-order valence-corrected chi connectivity index (χ3v) is 9.87. The van der Waals surface area contributed by atoms with Crippen molar-refractivity contribution in [3.63, 3.8) is 0 Å². The molecule has 0 aromatic carbocycles. The fraction of sp³-hybridized carbons (Fsp3) is 1.00. The number of aliphatic hydroxyl groups is 1. The van der Waals surface area contributed by atoms with Crippen LogP contribution in [0.4, 0.5) is 0 Å². The fourth-order valence-electron chi connectivity index (χ4n) is 2.21. The van der Waals surface area contributed by atoms with Gasteiger partial charge in [0.05, 0.1) is 13.2 Å². The van der Waals surface area contributed by atoms with Gasteiger partial charge in [-0.2, -0.15) is 0 Å². The molecule has 0 aromatic rings. The molecule has 0 unspecified atom stereocenters. The van der Waals surface area contributed by atoms with E-state index in [2.05, 4.69) is 33.9 Å². The van der Waals surface area contributed by atoms with Gasteiger partial charge in [-0.15, -0.1) is 0 Å². The Morgan fingerprint density at radius 3 is 1.78 bits per heavy atom. The Bertz CT molecular complexity index is 397. The molecule has 0 aromatic heterocycles. The van der Waals surface area contributed by atoms with Gasteiger partial charge in [0.2, 0.25) is 11.6 Å². The average Bonchev–Trinajstić information content (AvgIpc) is 2.46. The second kappa shape index (κ2) is 7.07. The minimum absolute atomic E-state index is 0.100. The van der Waals surface area contributed by atoms with Crippen molar-refractivity contribution >= 4 is 8.32 Å². The van der Waals surface area contributed by atoms with Crippen molar-refractivity contribution in [2.24, 2.45) is 0 Å². The largest absolute Gasteiger partial charge is 0.414 e. The molecule has 0 spiro atoms. The molecule has 0 radical (unpaired) electrons. The quantitative estimate of drug-likeness (QED) is 0.743. The van der Waals surface area contributed by atoms with Crippen LogP contribution in [0.25, 0.3) is 0 Å². The summed E-state index contributed by atoms with van der Waals surface area (Å²) >= 11 is 0. The highest BCUT2D eigenvalue weighted by Gasteiger charge is 2.56. The SMILES string of the molecule is CO[C@@]1(C)O[C@H](CO)[C@@H](CO[Si](C)(C)C(C)(C)C)O[C@]1(C)OC. The maximum atomic E-state index is 9.68. The number of rotatable bonds is 6. The van der Waals surface area contributed by atoms with Gasteiger partial charge in [0.25, 0.3) is 0 Å². The van der Waals surface area contributed by atoms with Crippen molar-refractivity contribution in [1.82, 2.24) is 0 Å². The number of methoxy groups -OCH3 is 2. The maximum absolute atomic E-state index is 9.68. The highest BCUT2D eigenvalue weighted by molar-refractivity contribution is 6.74. The van der Waals surface area contributed by atoms with Crippen molar-refractivity contribution in [2.45, 2.75) is 76.5 Å². The summed E-state index contributed by atoms with van der Waals surface area (Å²) in [5, 5.41) is 9.78. The van der Waals surface area contributed by atoms with Gasteiger partial charge in [-0.1, -0.05) is 20.8 Å². The summed E-state index contributed by atoms with van der Waals surface area (Å²) < 4.78 is 29.3. The van der Waals surface area contributed by atoms with Crippen LogP contribution in [0.2, 0.25) is 18.1 Å². The van der Waals surface area contributed by atoms with Gasteiger partial charge < -0.3 is 28.5 Å². The molecular formula is C16H34O6Si. The minimum atomic E-state index is -1.92. The highest BCUT2D eigenvalue weighted by Crippen LogP contribution is 2.41. The van der Waals surface area contributed by atoms with Gasteiger partial charge in [0, 0.05) is 14.2 Å². The molecule has 23 heavy (non-hydrogen) atoms. The van der Waals surface area contributed by atoms with Crippen molar-refractivity contribution < 1.29 is 28.5 Å². The second-order valence-electron chi connectivity index (χ2n) is 7.87. The number of aliphatic hydroxyl groups excluding tert-OH is 1. The van der Waals surface area contributed by atoms with Crippen LogP contribution in [0.5, 0.6) is 0 Å². The van der Waals surface area contributed by atoms with E-state index in [1.54, 1.807) is 21.0 Å². The van der Waals surface area contributed by atoms with E-state index in [1.807, 2.05) is 0 Å². The van der Waals surface area contributed by atoms with Gasteiger partial charge in [-0.25, -0.2) is 0 Å². The molecule has 0 saturated carbocycles. The average molecular weight is 351 g/mol. The molecule has 1 heterocycles. The lowest BCUT2D eigenvalue weighted by atomic mass is 10.0. The Morgan fingerprint density at radius 2 is 1.43 bits per heavy atom. The van der Waals surface area contributed by atoms with E-state index < -0.39 is 32.1 Å². The molecule has 1 N–H and O–H groups in total. The minimum Gasteiger partial charge on any atom is -0.414 e. The van der Waals surface area contributed by atoms with E-state index >= 15 is 0 Å². The third-order valence-electron chi connectivity index (χ3n) is 5.37. The Morgan fingerprint density at radius 1 is 1.00 bits per heavy atom. The zero-order valence-electron chi connectivity index (χ0n) is 16.1. The van der Waals surface area contributed by atoms with Crippen molar-refractivity contribution in [2.75, 3.05) is 27.4 Å². The van der Waals surface area contributed by atoms with Gasteiger partial charge in [-0.05, 0) is 32.0 Å². The standard InChI is InChI=1S/C16H34O6Si/c1-14(2,3)23(8,9)20-11-13-12(10-17)21-15(4,18-6)16(5,19-7)22-13/h12-13,17H,10-11H2,1-9H3/t12-,13-,15+,16+/m1/s1. The summed E-state index contributed by atoms with van der Waals surface area (Å²) in [5.41, 5.74) is 0. The van der Waals surface area contributed by atoms with Crippen LogP contribution in [-0.2, 0) is 23.4 Å². The molecule has 0 bridgehead atoms. The molecule has 4 atom stereocenters. The first-order valence-corrected chi connectivity index (χ1v) is 11.0. The third kappa shape index (κ3) is 4.15. The Kier molecular flexibility index (Phi) is 6.46. The molecular weight excluding hydrogens is 316 g/mol. The lowest BCUT2D eigenvalue weighted by Crippen LogP contribution is -2.66. The van der Waals surface area contributed by atoms with Crippen LogP contribution >= 0.6 is 0 Å². The fourth-order valence-corrected chi connectivity index (χ4v) is 3.23. The van der Waals surface area contributed by atoms with Crippen LogP contribution < -0.4 is 0 Å². The first kappa shape index (κ1) is 21.0. The Labute approximate surface area is 141 Å². The molecule has 0 amide bonds. The summed E-state index contributed by atoms with van der Waals surface area (Å²) in [6.45, 7) is 14.6. The Hall–Kier alpha value is -0.0231. The van der Waals surface area contributed by atoms with E-state index in [1.165, 1.54) is 7.11 Å². The van der Waals surface area contributed by atoms with E-state index in [0.29, 0.717) is 6.61 Å². The van der Waals surface area contributed by atoms with Crippen molar-refractivity contribution in [3.8, 4) is 0 Å². The van der Waals surface area contributed by atoms with Gasteiger partial charge in [0.1, 0.15) is 12.2 Å². The van der Waals surface area contributed by atoms with Crippen molar-refractivity contribution in [1.29, 1.82) is 0 Å². The molecule has 1 saturated heterocycles. The van der Waals surface area contributed by atoms with Crippen LogP contribution in [0, 0.1) is 0 Å². The predicted octanol–water partition coefficient (Wildman–Crippen LogP) is 2.51. The monoisotopic (exact) mass is 350 g/mol. The molecule has 1 aliphatic heterocycles.